The van der Waals surface area contributed by atoms with Gasteiger partial charge in [0.05, 0.1) is 6.61 Å². The third-order valence-corrected chi connectivity index (χ3v) is 3.38. The van der Waals surface area contributed by atoms with Gasteiger partial charge in [0, 0.05) is 0 Å². The van der Waals surface area contributed by atoms with Gasteiger partial charge in [-0.15, -0.1) is 0 Å². The van der Waals surface area contributed by atoms with Crippen molar-refractivity contribution in [3.05, 3.63) is 59.7 Å². The van der Waals surface area contributed by atoms with Gasteiger partial charge in [-0.1, -0.05) is 54.1 Å². The van der Waals surface area contributed by atoms with Gasteiger partial charge in [0.1, 0.15) is 6.04 Å². The number of esters is 1. The molecule has 2 rings (SSSR count). The lowest BCUT2D eigenvalue weighted by atomic mass is 9.94. The zero-order chi connectivity index (χ0) is 15.2. The van der Waals surface area contributed by atoms with Crippen molar-refractivity contribution in [2.75, 3.05) is 6.61 Å². The minimum absolute atomic E-state index is 0.350. The van der Waals surface area contributed by atoms with E-state index in [4.69, 9.17) is 10.5 Å². The third-order valence-electron chi connectivity index (χ3n) is 3.38. The largest absolute Gasteiger partial charge is 0.465 e. The van der Waals surface area contributed by atoms with Gasteiger partial charge >= 0.3 is 5.97 Å². The normalized spacial score (nSPS) is 12.0. The number of hydrogen-bond acceptors (Lipinski definition) is 3. The quantitative estimate of drug-likeness (QED) is 0.858. The maximum absolute atomic E-state index is 11.7. The summed E-state index contributed by atoms with van der Waals surface area (Å²) in [5, 5.41) is 0. The molecule has 2 aromatic carbocycles. The number of carbonyl (C=O) groups excluding carboxylic acids is 1. The van der Waals surface area contributed by atoms with Crippen LogP contribution < -0.4 is 5.73 Å². The Bertz CT molecular complexity index is 622. The highest BCUT2D eigenvalue weighted by molar-refractivity contribution is 5.77. The lowest BCUT2D eigenvalue weighted by Gasteiger charge is -2.14. The van der Waals surface area contributed by atoms with Crippen molar-refractivity contribution in [3.63, 3.8) is 0 Å². The molecule has 3 nitrogen and oxygen atoms in total. The van der Waals surface area contributed by atoms with Crippen molar-refractivity contribution in [3.8, 4) is 11.1 Å². The first-order chi connectivity index (χ1) is 10.1. The zero-order valence-electron chi connectivity index (χ0n) is 12.5. The molecule has 0 radical (unpaired) electrons. The molecule has 0 aliphatic rings. The average Bonchev–Trinajstić information content (AvgIpc) is 2.48. The Morgan fingerprint density at radius 1 is 1.19 bits per heavy atom. The first kappa shape index (κ1) is 15.3. The summed E-state index contributed by atoms with van der Waals surface area (Å²) in [4.78, 5) is 11.7. The lowest BCUT2D eigenvalue weighted by molar-refractivity contribution is -0.144. The third kappa shape index (κ3) is 3.92. The molecule has 0 spiro atoms. The average molecular weight is 283 g/mol. The summed E-state index contributed by atoms with van der Waals surface area (Å²) in [6.07, 6.45) is 0.475. The van der Waals surface area contributed by atoms with E-state index >= 15 is 0 Å². The molecule has 0 aliphatic carbocycles. The second-order valence-corrected chi connectivity index (χ2v) is 5.09. The maximum atomic E-state index is 11.7. The molecule has 1 atom stereocenters. The van der Waals surface area contributed by atoms with Crippen molar-refractivity contribution in [1.29, 1.82) is 0 Å². The fourth-order valence-electron chi connectivity index (χ4n) is 2.36. The van der Waals surface area contributed by atoms with Crippen LogP contribution in [0.5, 0.6) is 0 Å². The summed E-state index contributed by atoms with van der Waals surface area (Å²) in [7, 11) is 0. The van der Waals surface area contributed by atoms with Crippen LogP contribution in [0.4, 0.5) is 0 Å². The number of aryl methyl sites for hydroxylation is 1. The molecule has 3 heteroatoms. The molecule has 0 aliphatic heterocycles. The number of carbonyl (C=O) groups is 1. The Hall–Kier alpha value is -2.13. The molecule has 21 heavy (non-hydrogen) atoms. The van der Waals surface area contributed by atoms with E-state index in [1.54, 1.807) is 6.92 Å². The van der Waals surface area contributed by atoms with Crippen LogP contribution in [0.2, 0.25) is 0 Å². The highest BCUT2D eigenvalue weighted by atomic mass is 16.5. The first-order valence-electron chi connectivity index (χ1n) is 7.19. The summed E-state index contributed by atoms with van der Waals surface area (Å²) in [5.41, 5.74) is 10.5. The number of hydrogen-bond donors (Lipinski definition) is 1. The van der Waals surface area contributed by atoms with Gasteiger partial charge in [0.15, 0.2) is 0 Å². The molecular weight excluding hydrogens is 262 g/mol. The van der Waals surface area contributed by atoms with Crippen LogP contribution in [0.3, 0.4) is 0 Å². The lowest BCUT2D eigenvalue weighted by Crippen LogP contribution is -2.34. The van der Waals surface area contributed by atoms with Gasteiger partial charge in [-0.2, -0.15) is 0 Å². The summed E-state index contributed by atoms with van der Waals surface area (Å²) < 4.78 is 4.98. The van der Waals surface area contributed by atoms with E-state index in [2.05, 4.69) is 31.2 Å². The van der Waals surface area contributed by atoms with E-state index in [0.717, 1.165) is 16.7 Å². The molecule has 2 aromatic rings. The molecule has 0 amide bonds. The van der Waals surface area contributed by atoms with Crippen molar-refractivity contribution in [1.82, 2.24) is 0 Å². The Labute approximate surface area is 125 Å². The van der Waals surface area contributed by atoms with E-state index in [9.17, 15) is 4.79 Å². The predicted octanol–water partition coefficient (Wildman–Crippen LogP) is 3.09. The smallest absolute Gasteiger partial charge is 0.323 e. The number of ether oxygens (including phenoxy) is 1. The molecule has 0 bridgehead atoms. The number of nitrogens with two attached hydrogens (primary N) is 1. The van der Waals surface area contributed by atoms with E-state index in [0.29, 0.717) is 13.0 Å². The van der Waals surface area contributed by atoms with Crippen LogP contribution in [0, 0.1) is 6.92 Å². The second kappa shape index (κ2) is 7.04. The first-order valence-corrected chi connectivity index (χ1v) is 7.19. The standard InChI is InChI=1S/C18H21NO2/c1-3-21-18(20)17(19)12-15-8-4-5-10-16(15)14-9-6-7-13(2)11-14/h4-11,17H,3,12,19H2,1-2H3. The second-order valence-electron chi connectivity index (χ2n) is 5.09. The van der Waals surface area contributed by atoms with Gasteiger partial charge in [-0.25, -0.2) is 0 Å². The predicted molar refractivity (Wildman–Crippen MR) is 84.9 cm³/mol. The van der Waals surface area contributed by atoms with Gasteiger partial charge in [-0.3, -0.25) is 4.79 Å². The van der Waals surface area contributed by atoms with Crippen LogP contribution >= 0.6 is 0 Å². The summed E-state index contributed by atoms with van der Waals surface area (Å²) >= 11 is 0. The minimum atomic E-state index is -0.629. The van der Waals surface area contributed by atoms with Crippen molar-refractivity contribution >= 4 is 5.97 Å². The van der Waals surface area contributed by atoms with Gasteiger partial charge in [-0.05, 0) is 37.0 Å². The van der Waals surface area contributed by atoms with Gasteiger partial charge < -0.3 is 10.5 Å². The van der Waals surface area contributed by atoms with E-state index in [1.165, 1.54) is 5.56 Å². The molecule has 1 unspecified atom stereocenters. The zero-order valence-corrected chi connectivity index (χ0v) is 12.5. The Balaban J connectivity index is 2.27. The molecule has 0 saturated heterocycles. The van der Waals surface area contributed by atoms with Crippen molar-refractivity contribution in [2.24, 2.45) is 5.73 Å². The molecule has 2 N–H and O–H groups in total. The van der Waals surface area contributed by atoms with Crippen LogP contribution in [0.15, 0.2) is 48.5 Å². The molecule has 110 valence electrons. The molecule has 0 aromatic heterocycles. The van der Waals surface area contributed by atoms with Crippen LogP contribution in [0.1, 0.15) is 18.1 Å². The molecule has 0 heterocycles. The van der Waals surface area contributed by atoms with Crippen molar-refractivity contribution in [2.45, 2.75) is 26.3 Å². The van der Waals surface area contributed by atoms with E-state index in [1.807, 2.05) is 24.3 Å². The Morgan fingerprint density at radius 2 is 1.95 bits per heavy atom. The van der Waals surface area contributed by atoms with Crippen molar-refractivity contribution < 1.29 is 9.53 Å². The summed E-state index contributed by atoms with van der Waals surface area (Å²) in [5.74, 6) is -0.350. The van der Waals surface area contributed by atoms with Crippen LogP contribution in [-0.4, -0.2) is 18.6 Å². The van der Waals surface area contributed by atoms with E-state index in [-0.39, 0.29) is 5.97 Å². The monoisotopic (exact) mass is 283 g/mol. The summed E-state index contributed by atoms with van der Waals surface area (Å²) in [6, 6.07) is 15.7. The molecule has 0 fully saturated rings. The Kier molecular flexibility index (Phi) is 5.12. The van der Waals surface area contributed by atoms with Gasteiger partial charge in [0.2, 0.25) is 0 Å². The minimum Gasteiger partial charge on any atom is -0.465 e. The SMILES string of the molecule is CCOC(=O)C(N)Cc1ccccc1-c1cccc(C)c1. The maximum Gasteiger partial charge on any atom is 0.323 e. The number of rotatable bonds is 5. The topological polar surface area (TPSA) is 52.3 Å². The highest BCUT2D eigenvalue weighted by Crippen LogP contribution is 2.25. The fourth-order valence-corrected chi connectivity index (χ4v) is 2.36. The van der Waals surface area contributed by atoms with E-state index < -0.39 is 6.04 Å². The van der Waals surface area contributed by atoms with Gasteiger partial charge in [0.25, 0.3) is 0 Å². The Morgan fingerprint density at radius 3 is 2.67 bits per heavy atom. The molecule has 0 saturated carbocycles. The summed E-state index contributed by atoms with van der Waals surface area (Å²) in [6.45, 7) is 4.20. The number of benzene rings is 2. The fraction of sp³-hybridized carbons (Fsp3) is 0.278. The highest BCUT2D eigenvalue weighted by Gasteiger charge is 2.17. The van der Waals surface area contributed by atoms with Crippen LogP contribution in [-0.2, 0) is 16.0 Å². The molecular formula is C18H21NO2. The van der Waals surface area contributed by atoms with Crippen LogP contribution in [0.25, 0.3) is 11.1 Å².